The number of hydrogen-bond donors (Lipinski definition) is 0. The van der Waals surface area contributed by atoms with E-state index in [1.54, 1.807) is 0 Å². The number of morpholine rings is 1. The maximum absolute atomic E-state index is 8.84. The summed E-state index contributed by atoms with van der Waals surface area (Å²) in [6.07, 6.45) is -0.311. The van der Waals surface area contributed by atoms with Crippen molar-refractivity contribution in [1.29, 1.82) is 5.26 Å². The first kappa shape index (κ1) is 11.4. The summed E-state index contributed by atoms with van der Waals surface area (Å²) in [5, 5.41) is 8.84. The molecule has 0 saturated carbocycles. The van der Waals surface area contributed by atoms with Crippen LogP contribution < -0.4 is 4.90 Å². The van der Waals surface area contributed by atoms with Crippen molar-refractivity contribution >= 4 is 21.6 Å². The normalized spacial score (nSPS) is 20.6. The van der Waals surface area contributed by atoms with Crippen LogP contribution in [0.2, 0.25) is 0 Å². The molecule has 84 valence electrons. The van der Waals surface area contributed by atoms with Crippen LogP contribution in [0.5, 0.6) is 0 Å². The molecule has 1 unspecified atom stereocenters. The SMILES string of the molecule is Cc1ccc(N2CCOC(C#N)C2)cc1Br. The molecule has 2 rings (SSSR count). The lowest BCUT2D eigenvalue weighted by atomic mass is 10.2. The van der Waals surface area contributed by atoms with E-state index in [-0.39, 0.29) is 6.10 Å². The highest BCUT2D eigenvalue weighted by molar-refractivity contribution is 9.10. The third-order valence-corrected chi connectivity index (χ3v) is 3.59. The van der Waals surface area contributed by atoms with Gasteiger partial charge in [-0.3, -0.25) is 0 Å². The number of benzene rings is 1. The van der Waals surface area contributed by atoms with Gasteiger partial charge in [-0.2, -0.15) is 5.26 Å². The zero-order valence-electron chi connectivity index (χ0n) is 9.11. The van der Waals surface area contributed by atoms with Crippen molar-refractivity contribution in [2.45, 2.75) is 13.0 Å². The summed E-state index contributed by atoms with van der Waals surface area (Å²) in [5.41, 5.74) is 2.36. The summed E-state index contributed by atoms with van der Waals surface area (Å²) in [6.45, 7) is 4.16. The zero-order valence-corrected chi connectivity index (χ0v) is 10.7. The highest BCUT2D eigenvalue weighted by Gasteiger charge is 2.20. The number of rotatable bonds is 1. The Balaban J connectivity index is 2.17. The lowest BCUT2D eigenvalue weighted by molar-refractivity contribution is 0.0764. The summed E-state index contributed by atoms with van der Waals surface area (Å²) in [5.74, 6) is 0. The standard InChI is InChI=1S/C12H13BrN2O/c1-9-2-3-10(6-12(9)13)15-4-5-16-11(7-14)8-15/h2-3,6,11H,4-5,8H2,1H3. The minimum atomic E-state index is -0.311. The molecule has 0 N–H and O–H groups in total. The van der Waals surface area contributed by atoms with Crippen LogP contribution in [0.3, 0.4) is 0 Å². The maximum atomic E-state index is 8.84. The Bertz CT molecular complexity index is 428. The van der Waals surface area contributed by atoms with Crippen LogP contribution in [0.25, 0.3) is 0 Å². The molecule has 1 aromatic rings. The summed E-state index contributed by atoms with van der Waals surface area (Å²) in [6, 6.07) is 8.41. The highest BCUT2D eigenvalue weighted by atomic mass is 79.9. The van der Waals surface area contributed by atoms with Gasteiger partial charge in [0.15, 0.2) is 6.10 Å². The molecule has 16 heavy (non-hydrogen) atoms. The summed E-state index contributed by atoms with van der Waals surface area (Å²) >= 11 is 3.52. The molecule has 4 heteroatoms. The Hall–Kier alpha value is -1.05. The highest BCUT2D eigenvalue weighted by Crippen LogP contribution is 2.24. The molecule has 0 amide bonds. The van der Waals surface area contributed by atoms with E-state index in [4.69, 9.17) is 10.00 Å². The molecule has 0 aromatic heterocycles. The average Bonchev–Trinajstić information content (AvgIpc) is 2.33. The van der Waals surface area contributed by atoms with Crippen LogP contribution in [-0.4, -0.2) is 25.8 Å². The second-order valence-corrected chi connectivity index (χ2v) is 4.72. The molecule has 1 aliphatic heterocycles. The van der Waals surface area contributed by atoms with Gasteiger partial charge in [0, 0.05) is 16.7 Å². The first-order chi connectivity index (χ1) is 7.70. The number of ether oxygens (including phenoxy) is 1. The minimum Gasteiger partial charge on any atom is -0.365 e. The van der Waals surface area contributed by atoms with Gasteiger partial charge < -0.3 is 9.64 Å². The first-order valence-corrected chi connectivity index (χ1v) is 6.02. The van der Waals surface area contributed by atoms with Gasteiger partial charge in [-0.25, -0.2) is 0 Å². The monoisotopic (exact) mass is 280 g/mol. The molecular formula is C12H13BrN2O. The van der Waals surface area contributed by atoms with Gasteiger partial charge in [-0.05, 0) is 24.6 Å². The smallest absolute Gasteiger partial charge is 0.161 e. The molecule has 1 aromatic carbocycles. The fourth-order valence-corrected chi connectivity index (χ4v) is 2.11. The number of halogens is 1. The minimum absolute atomic E-state index is 0.311. The molecular weight excluding hydrogens is 268 g/mol. The van der Waals surface area contributed by atoms with E-state index in [1.807, 2.05) is 0 Å². The van der Waals surface area contributed by atoms with Gasteiger partial charge in [0.05, 0.1) is 19.2 Å². The summed E-state index contributed by atoms with van der Waals surface area (Å²) < 4.78 is 6.42. The van der Waals surface area contributed by atoms with Gasteiger partial charge >= 0.3 is 0 Å². The van der Waals surface area contributed by atoms with E-state index >= 15 is 0 Å². The van der Waals surface area contributed by atoms with Crippen molar-refractivity contribution in [3.05, 3.63) is 28.2 Å². The second-order valence-electron chi connectivity index (χ2n) is 3.87. The molecule has 1 heterocycles. The van der Waals surface area contributed by atoms with Crippen LogP contribution in [0, 0.1) is 18.3 Å². The van der Waals surface area contributed by atoms with Gasteiger partial charge in [-0.15, -0.1) is 0 Å². The number of nitriles is 1. The average molecular weight is 281 g/mol. The zero-order chi connectivity index (χ0) is 11.5. The van der Waals surface area contributed by atoms with Crippen molar-refractivity contribution in [2.75, 3.05) is 24.6 Å². The lowest BCUT2D eigenvalue weighted by Crippen LogP contribution is -2.41. The number of aryl methyl sites for hydroxylation is 1. The van der Waals surface area contributed by atoms with Gasteiger partial charge in [0.1, 0.15) is 0 Å². The molecule has 3 nitrogen and oxygen atoms in total. The van der Waals surface area contributed by atoms with Crippen LogP contribution in [0.4, 0.5) is 5.69 Å². The van der Waals surface area contributed by atoms with Crippen molar-refractivity contribution in [3.63, 3.8) is 0 Å². The Morgan fingerprint density at radius 3 is 3.06 bits per heavy atom. The molecule has 1 saturated heterocycles. The third kappa shape index (κ3) is 2.37. The van der Waals surface area contributed by atoms with Gasteiger partial charge in [-0.1, -0.05) is 22.0 Å². The van der Waals surface area contributed by atoms with Crippen molar-refractivity contribution in [1.82, 2.24) is 0 Å². The number of hydrogen-bond acceptors (Lipinski definition) is 3. The molecule has 0 radical (unpaired) electrons. The summed E-state index contributed by atoms with van der Waals surface area (Å²) in [7, 11) is 0. The molecule has 0 spiro atoms. The van der Waals surface area contributed by atoms with Crippen LogP contribution >= 0.6 is 15.9 Å². The van der Waals surface area contributed by atoms with Crippen LogP contribution in [0.1, 0.15) is 5.56 Å². The van der Waals surface area contributed by atoms with Crippen LogP contribution in [0.15, 0.2) is 22.7 Å². The van der Waals surface area contributed by atoms with E-state index in [9.17, 15) is 0 Å². The third-order valence-electron chi connectivity index (χ3n) is 2.73. The van der Waals surface area contributed by atoms with Crippen molar-refractivity contribution in [3.8, 4) is 6.07 Å². The molecule has 1 atom stereocenters. The van der Waals surface area contributed by atoms with Crippen molar-refractivity contribution < 1.29 is 4.74 Å². The quantitative estimate of drug-likeness (QED) is 0.793. The molecule has 1 fully saturated rings. The Morgan fingerprint density at radius 2 is 2.38 bits per heavy atom. The van der Waals surface area contributed by atoms with E-state index < -0.39 is 0 Å². The first-order valence-electron chi connectivity index (χ1n) is 5.23. The Kier molecular flexibility index (Phi) is 3.47. The fraction of sp³-hybridized carbons (Fsp3) is 0.417. The van der Waals surface area contributed by atoms with E-state index in [0.717, 1.165) is 16.7 Å². The largest absolute Gasteiger partial charge is 0.365 e. The van der Waals surface area contributed by atoms with Gasteiger partial charge in [0.25, 0.3) is 0 Å². The summed E-state index contributed by atoms with van der Waals surface area (Å²) in [4.78, 5) is 2.18. The predicted octanol–water partition coefficient (Wildman–Crippen LogP) is 2.49. The second kappa shape index (κ2) is 4.86. The topological polar surface area (TPSA) is 36.3 Å². The molecule has 0 bridgehead atoms. The van der Waals surface area contributed by atoms with E-state index in [2.05, 4.69) is 52.0 Å². The maximum Gasteiger partial charge on any atom is 0.161 e. The van der Waals surface area contributed by atoms with Gasteiger partial charge in [0.2, 0.25) is 0 Å². The fourth-order valence-electron chi connectivity index (χ4n) is 1.74. The number of anilines is 1. The molecule has 0 aliphatic carbocycles. The predicted molar refractivity (Wildman–Crippen MR) is 66.4 cm³/mol. The lowest BCUT2D eigenvalue weighted by Gasteiger charge is -2.31. The van der Waals surface area contributed by atoms with E-state index in [1.165, 1.54) is 5.56 Å². The Morgan fingerprint density at radius 1 is 1.56 bits per heavy atom. The molecule has 1 aliphatic rings. The Labute approximate surface area is 104 Å². The van der Waals surface area contributed by atoms with E-state index in [0.29, 0.717) is 13.2 Å². The van der Waals surface area contributed by atoms with Crippen LogP contribution in [-0.2, 0) is 4.74 Å². The van der Waals surface area contributed by atoms with Crippen molar-refractivity contribution in [2.24, 2.45) is 0 Å². The number of nitrogens with zero attached hydrogens (tertiary/aromatic N) is 2.